The van der Waals surface area contributed by atoms with Crippen LogP contribution in [0.1, 0.15) is 43.1 Å². The molecule has 0 bridgehead atoms. The van der Waals surface area contributed by atoms with Gasteiger partial charge in [-0.3, -0.25) is 19.3 Å². The number of anilines is 1. The van der Waals surface area contributed by atoms with Crippen molar-refractivity contribution in [2.24, 2.45) is 0 Å². The van der Waals surface area contributed by atoms with E-state index in [0.29, 0.717) is 35.6 Å². The molecule has 0 atom stereocenters. The van der Waals surface area contributed by atoms with Gasteiger partial charge in [-0.2, -0.15) is 0 Å². The van der Waals surface area contributed by atoms with Crippen molar-refractivity contribution >= 4 is 23.4 Å². The Morgan fingerprint density at radius 3 is 2.39 bits per heavy atom. The van der Waals surface area contributed by atoms with E-state index in [2.05, 4.69) is 5.32 Å². The van der Waals surface area contributed by atoms with Gasteiger partial charge in [0.15, 0.2) is 0 Å². The Hall–Kier alpha value is -3.97. The van der Waals surface area contributed by atoms with Gasteiger partial charge >= 0.3 is 0 Å². The first-order valence-corrected chi connectivity index (χ1v) is 10.6. The summed E-state index contributed by atoms with van der Waals surface area (Å²) in [6.45, 7) is 2.72. The van der Waals surface area contributed by atoms with Crippen molar-refractivity contribution in [1.29, 1.82) is 0 Å². The third-order valence-electron chi connectivity index (χ3n) is 5.30. The van der Waals surface area contributed by atoms with Crippen LogP contribution in [0.25, 0.3) is 0 Å². The Balaban J connectivity index is 1.42. The van der Waals surface area contributed by atoms with Gasteiger partial charge in [0.2, 0.25) is 0 Å². The lowest BCUT2D eigenvalue weighted by Crippen LogP contribution is -2.31. The van der Waals surface area contributed by atoms with Gasteiger partial charge in [-0.15, -0.1) is 0 Å². The lowest BCUT2D eigenvalue weighted by Gasteiger charge is -2.12. The molecule has 1 heterocycles. The molecule has 168 valence electrons. The molecule has 7 nitrogen and oxygen atoms in total. The number of amides is 3. The largest absolute Gasteiger partial charge is 0.457 e. The third kappa shape index (κ3) is 4.94. The number of carbonyl (C=O) groups is 3. The van der Waals surface area contributed by atoms with Crippen molar-refractivity contribution in [1.82, 2.24) is 4.90 Å². The normalized spacial score (nSPS) is 12.6. The minimum atomic E-state index is -0.390. The minimum absolute atomic E-state index is 0.243. The molecule has 1 N–H and O–H groups in total. The van der Waals surface area contributed by atoms with E-state index < -0.39 is 5.91 Å². The number of aryl methyl sites for hydroxylation is 1. The number of ether oxygens (including phenoxy) is 2. The molecule has 1 aliphatic rings. The molecular weight excluding hydrogens is 420 g/mol. The van der Waals surface area contributed by atoms with Crippen molar-refractivity contribution in [3.05, 3.63) is 89.0 Å². The van der Waals surface area contributed by atoms with Crippen LogP contribution < -0.4 is 10.1 Å². The molecule has 0 saturated heterocycles. The standard InChI is InChI=1S/C26H24N2O5/c1-17-5-3-6-21(15-17)33-20-10-8-19(9-11-20)27-24(29)18-7-12-22-23(16-18)26(31)28(25(22)30)13-4-14-32-2/h3,5-12,15-16H,4,13-14H2,1-2H3,(H,27,29). The van der Waals surface area contributed by atoms with E-state index in [1.165, 1.54) is 17.0 Å². The molecule has 0 saturated carbocycles. The molecule has 0 spiro atoms. The van der Waals surface area contributed by atoms with Crippen LogP contribution in [0.3, 0.4) is 0 Å². The number of hydrogen-bond donors (Lipinski definition) is 1. The summed E-state index contributed by atoms with van der Waals surface area (Å²) < 4.78 is 10.8. The zero-order valence-electron chi connectivity index (χ0n) is 18.5. The average Bonchev–Trinajstić information content (AvgIpc) is 3.05. The molecule has 7 heteroatoms. The maximum Gasteiger partial charge on any atom is 0.261 e. The summed E-state index contributed by atoms with van der Waals surface area (Å²) in [6, 6.07) is 19.3. The van der Waals surface area contributed by atoms with E-state index in [-0.39, 0.29) is 23.9 Å². The van der Waals surface area contributed by atoms with Crippen LogP contribution in [-0.4, -0.2) is 42.9 Å². The molecule has 3 amide bonds. The number of benzene rings is 3. The second-order valence-corrected chi connectivity index (χ2v) is 7.77. The molecule has 0 unspecified atom stereocenters. The van der Waals surface area contributed by atoms with Crippen molar-refractivity contribution in [2.75, 3.05) is 25.6 Å². The molecular formula is C26H24N2O5. The van der Waals surface area contributed by atoms with Crippen LogP contribution in [0.5, 0.6) is 11.5 Å². The molecule has 0 radical (unpaired) electrons. The number of imide groups is 1. The van der Waals surface area contributed by atoms with Gasteiger partial charge in [-0.25, -0.2) is 0 Å². The van der Waals surface area contributed by atoms with E-state index in [1.807, 2.05) is 31.2 Å². The Bertz CT molecular complexity index is 1200. The summed E-state index contributed by atoms with van der Waals surface area (Å²) in [5, 5.41) is 2.81. The molecule has 0 aromatic heterocycles. The summed E-state index contributed by atoms with van der Waals surface area (Å²) in [5.41, 5.74) is 2.54. The summed E-state index contributed by atoms with van der Waals surface area (Å²) in [4.78, 5) is 39.1. The number of methoxy groups -OCH3 is 1. The van der Waals surface area contributed by atoms with Gasteiger partial charge in [0.25, 0.3) is 17.7 Å². The number of fused-ring (bicyclic) bond motifs is 1. The highest BCUT2D eigenvalue weighted by Crippen LogP contribution is 2.26. The second-order valence-electron chi connectivity index (χ2n) is 7.77. The van der Waals surface area contributed by atoms with Gasteiger partial charge in [0.05, 0.1) is 11.1 Å². The van der Waals surface area contributed by atoms with Crippen LogP contribution in [0, 0.1) is 6.92 Å². The average molecular weight is 444 g/mol. The first-order valence-electron chi connectivity index (χ1n) is 10.6. The maximum absolute atomic E-state index is 12.7. The van der Waals surface area contributed by atoms with Crippen LogP contribution in [0.15, 0.2) is 66.7 Å². The quantitative estimate of drug-likeness (QED) is 0.403. The Morgan fingerprint density at radius 2 is 1.67 bits per heavy atom. The lowest BCUT2D eigenvalue weighted by molar-refractivity contribution is 0.0638. The Labute approximate surface area is 191 Å². The lowest BCUT2D eigenvalue weighted by atomic mass is 10.1. The fraction of sp³-hybridized carbons (Fsp3) is 0.192. The molecule has 1 aliphatic heterocycles. The highest BCUT2D eigenvalue weighted by atomic mass is 16.5. The molecule has 4 rings (SSSR count). The highest BCUT2D eigenvalue weighted by molar-refractivity contribution is 6.22. The number of nitrogens with one attached hydrogen (secondary N) is 1. The first-order chi connectivity index (χ1) is 16.0. The summed E-state index contributed by atoms with van der Waals surface area (Å²) >= 11 is 0. The summed E-state index contributed by atoms with van der Waals surface area (Å²) in [7, 11) is 1.57. The first kappa shape index (κ1) is 22.2. The Kier molecular flexibility index (Phi) is 6.51. The molecule has 0 aliphatic carbocycles. The predicted molar refractivity (Wildman–Crippen MR) is 124 cm³/mol. The fourth-order valence-electron chi connectivity index (χ4n) is 3.63. The zero-order valence-corrected chi connectivity index (χ0v) is 18.5. The van der Waals surface area contributed by atoms with Crippen molar-refractivity contribution in [2.45, 2.75) is 13.3 Å². The third-order valence-corrected chi connectivity index (χ3v) is 5.30. The van der Waals surface area contributed by atoms with Crippen LogP contribution >= 0.6 is 0 Å². The monoisotopic (exact) mass is 444 g/mol. The van der Waals surface area contributed by atoms with E-state index in [9.17, 15) is 14.4 Å². The fourth-order valence-corrected chi connectivity index (χ4v) is 3.63. The van der Waals surface area contributed by atoms with Crippen LogP contribution in [-0.2, 0) is 4.74 Å². The van der Waals surface area contributed by atoms with Crippen molar-refractivity contribution in [3.63, 3.8) is 0 Å². The summed E-state index contributed by atoms with van der Waals surface area (Å²) in [6.07, 6.45) is 0.554. The summed E-state index contributed by atoms with van der Waals surface area (Å²) in [5.74, 6) is 0.276. The Morgan fingerprint density at radius 1 is 0.909 bits per heavy atom. The van der Waals surface area contributed by atoms with Crippen molar-refractivity contribution in [3.8, 4) is 11.5 Å². The minimum Gasteiger partial charge on any atom is -0.457 e. The molecule has 3 aromatic rings. The van der Waals surface area contributed by atoms with Crippen LogP contribution in [0.2, 0.25) is 0 Å². The molecule has 33 heavy (non-hydrogen) atoms. The predicted octanol–water partition coefficient (Wildman–Crippen LogP) is 4.67. The second kappa shape index (κ2) is 9.67. The topological polar surface area (TPSA) is 84.9 Å². The number of hydrogen-bond acceptors (Lipinski definition) is 5. The zero-order chi connectivity index (χ0) is 23.4. The van der Waals surface area contributed by atoms with Crippen LogP contribution in [0.4, 0.5) is 5.69 Å². The van der Waals surface area contributed by atoms with E-state index >= 15 is 0 Å². The molecule has 3 aromatic carbocycles. The van der Waals surface area contributed by atoms with Gasteiger partial charge in [-0.1, -0.05) is 12.1 Å². The van der Waals surface area contributed by atoms with Gasteiger partial charge in [0.1, 0.15) is 11.5 Å². The van der Waals surface area contributed by atoms with Crippen molar-refractivity contribution < 1.29 is 23.9 Å². The number of rotatable bonds is 8. The maximum atomic E-state index is 12.7. The van der Waals surface area contributed by atoms with E-state index in [1.54, 1.807) is 37.4 Å². The smallest absolute Gasteiger partial charge is 0.261 e. The van der Waals surface area contributed by atoms with Gasteiger partial charge in [-0.05, 0) is 73.5 Å². The van der Waals surface area contributed by atoms with Gasteiger partial charge in [0, 0.05) is 31.5 Å². The van der Waals surface area contributed by atoms with E-state index in [0.717, 1.165) is 11.3 Å². The number of nitrogens with zero attached hydrogens (tertiary/aromatic N) is 1. The molecule has 0 fully saturated rings. The number of carbonyl (C=O) groups excluding carboxylic acids is 3. The van der Waals surface area contributed by atoms with Gasteiger partial charge < -0.3 is 14.8 Å². The highest BCUT2D eigenvalue weighted by Gasteiger charge is 2.35. The van der Waals surface area contributed by atoms with E-state index in [4.69, 9.17) is 9.47 Å². The SMILES string of the molecule is COCCCN1C(=O)c2ccc(C(=O)Nc3ccc(Oc4cccc(C)c4)cc3)cc2C1=O.